The fraction of sp³-hybridized carbons (Fsp3) is 0.278. The van der Waals surface area contributed by atoms with Crippen molar-refractivity contribution < 1.29 is 14.3 Å². The van der Waals surface area contributed by atoms with Gasteiger partial charge in [-0.1, -0.05) is 6.07 Å². The highest BCUT2D eigenvalue weighted by Gasteiger charge is 2.24. The van der Waals surface area contributed by atoms with Crippen LogP contribution in [0.1, 0.15) is 35.0 Å². The van der Waals surface area contributed by atoms with E-state index in [0.717, 1.165) is 24.1 Å². The third kappa shape index (κ3) is 2.72. The van der Waals surface area contributed by atoms with Crippen LogP contribution >= 0.6 is 0 Å². The van der Waals surface area contributed by atoms with Gasteiger partial charge in [-0.25, -0.2) is 4.79 Å². The molecule has 1 aliphatic heterocycles. The smallest absolute Gasteiger partial charge is 0.357 e. The number of ether oxygens (including phenoxy) is 1. The van der Waals surface area contributed by atoms with Crippen molar-refractivity contribution in [3.05, 3.63) is 41.2 Å². The number of carbonyl (C=O) groups excluding carboxylic acids is 2. The molecule has 0 radical (unpaired) electrons. The lowest BCUT2D eigenvalue weighted by molar-refractivity contribution is -0.116. The maximum atomic E-state index is 12.1. The van der Waals surface area contributed by atoms with E-state index in [2.05, 4.69) is 0 Å². The van der Waals surface area contributed by atoms with Crippen LogP contribution < -0.4 is 10.6 Å². The van der Waals surface area contributed by atoms with Gasteiger partial charge in [-0.3, -0.25) is 4.79 Å². The Morgan fingerprint density at radius 2 is 2.12 bits per heavy atom. The van der Waals surface area contributed by atoms with Gasteiger partial charge >= 0.3 is 5.97 Å². The maximum Gasteiger partial charge on any atom is 0.357 e. The lowest BCUT2D eigenvalue weighted by Crippen LogP contribution is -2.33. The van der Waals surface area contributed by atoms with Crippen LogP contribution in [0.15, 0.2) is 24.4 Å². The molecule has 2 N–H and O–H groups in total. The zero-order valence-corrected chi connectivity index (χ0v) is 14.1. The van der Waals surface area contributed by atoms with Crippen LogP contribution in [-0.4, -0.2) is 30.1 Å². The summed E-state index contributed by atoms with van der Waals surface area (Å²) >= 11 is 0. The summed E-state index contributed by atoms with van der Waals surface area (Å²) in [5.74, 6) is -0.656. The molecule has 7 heteroatoms. The van der Waals surface area contributed by atoms with Gasteiger partial charge in [0.2, 0.25) is 5.91 Å². The molecule has 2 heterocycles. The van der Waals surface area contributed by atoms with Gasteiger partial charge in [-0.05, 0) is 30.5 Å². The van der Waals surface area contributed by atoms with E-state index in [9.17, 15) is 14.9 Å². The summed E-state index contributed by atoms with van der Waals surface area (Å²) in [6.07, 6.45) is 3.30. The number of aryl methyl sites for hydroxylation is 1. The molecule has 0 bridgehead atoms. The summed E-state index contributed by atoms with van der Waals surface area (Å²) in [4.78, 5) is 25.8. The minimum absolute atomic E-state index is 0.0315. The number of hydrogen-bond acceptors (Lipinski definition) is 5. The fourth-order valence-electron chi connectivity index (χ4n) is 3.16. The second kappa shape index (κ2) is 6.32. The molecular formula is C18H18N4O3. The van der Waals surface area contributed by atoms with E-state index in [4.69, 9.17) is 10.5 Å². The SMILES string of the molecule is COC(=O)c1c(N)c(C#N)cn1-c1ccc2c(c1)N(C(C)=O)CCC2. The average Bonchev–Trinajstić information content (AvgIpc) is 2.96. The summed E-state index contributed by atoms with van der Waals surface area (Å²) in [6.45, 7) is 2.19. The average molecular weight is 338 g/mol. The van der Waals surface area contributed by atoms with Gasteiger partial charge in [0.15, 0.2) is 5.69 Å². The van der Waals surface area contributed by atoms with Gasteiger partial charge in [0.1, 0.15) is 6.07 Å². The molecule has 3 rings (SSSR count). The van der Waals surface area contributed by atoms with Crippen molar-refractivity contribution in [2.24, 2.45) is 0 Å². The minimum Gasteiger partial charge on any atom is -0.464 e. The third-order valence-electron chi connectivity index (χ3n) is 4.39. The summed E-state index contributed by atoms with van der Waals surface area (Å²) < 4.78 is 6.33. The van der Waals surface area contributed by atoms with Crippen LogP contribution in [0.4, 0.5) is 11.4 Å². The normalized spacial score (nSPS) is 13.1. The Bertz CT molecular complexity index is 908. The van der Waals surface area contributed by atoms with Crippen molar-refractivity contribution in [1.82, 2.24) is 4.57 Å². The zero-order valence-electron chi connectivity index (χ0n) is 14.1. The second-order valence-electron chi connectivity index (χ2n) is 5.87. The predicted molar refractivity (Wildman–Crippen MR) is 92.6 cm³/mol. The number of nitrogens with two attached hydrogens (primary N) is 1. The summed E-state index contributed by atoms with van der Waals surface area (Å²) in [6, 6.07) is 7.59. The van der Waals surface area contributed by atoms with Crippen LogP contribution in [0.5, 0.6) is 0 Å². The topological polar surface area (TPSA) is 101 Å². The molecule has 1 aromatic heterocycles. The van der Waals surface area contributed by atoms with Crippen LogP contribution in [-0.2, 0) is 16.0 Å². The number of nitrogens with zero attached hydrogens (tertiary/aromatic N) is 3. The molecule has 0 saturated carbocycles. The number of anilines is 2. The van der Waals surface area contributed by atoms with Gasteiger partial charge in [-0.15, -0.1) is 0 Å². The quantitative estimate of drug-likeness (QED) is 0.844. The first-order chi connectivity index (χ1) is 12.0. The molecule has 0 spiro atoms. The Morgan fingerprint density at radius 3 is 2.76 bits per heavy atom. The van der Waals surface area contributed by atoms with E-state index in [1.54, 1.807) is 4.90 Å². The first-order valence-electron chi connectivity index (χ1n) is 7.88. The highest BCUT2D eigenvalue weighted by atomic mass is 16.5. The Labute approximate surface area is 145 Å². The largest absolute Gasteiger partial charge is 0.464 e. The first-order valence-corrected chi connectivity index (χ1v) is 7.88. The Morgan fingerprint density at radius 1 is 1.36 bits per heavy atom. The van der Waals surface area contributed by atoms with Gasteiger partial charge in [0.05, 0.1) is 18.4 Å². The molecule has 1 aromatic carbocycles. The lowest BCUT2D eigenvalue weighted by Gasteiger charge is -2.29. The molecule has 7 nitrogen and oxygen atoms in total. The van der Waals surface area contributed by atoms with E-state index in [1.165, 1.54) is 24.8 Å². The first kappa shape index (κ1) is 16.6. The fourth-order valence-corrected chi connectivity index (χ4v) is 3.16. The van der Waals surface area contributed by atoms with Crippen LogP contribution in [0, 0.1) is 11.3 Å². The number of benzene rings is 1. The molecule has 0 aliphatic carbocycles. The van der Waals surface area contributed by atoms with E-state index in [1.807, 2.05) is 24.3 Å². The Kier molecular flexibility index (Phi) is 4.19. The molecule has 0 fully saturated rings. The number of hydrogen-bond donors (Lipinski definition) is 1. The summed E-state index contributed by atoms with van der Waals surface area (Å²) in [5, 5.41) is 9.22. The van der Waals surface area contributed by atoms with E-state index >= 15 is 0 Å². The monoisotopic (exact) mass is 338 g/mol. The Hall–Kier alpha value is -3.27. The van der Waals surface area contributed by atoms with Crippen LogP contribution in [0.25, 0.3) is 5.69 Å². The molecule has 1 amide bonds. The molecule has 0 atom stereocenters. The third-order valence-corrected chi connectivity index (χ3v) is 4.39. The number of rotatable bonds is 2. The highest BCUT2D eigenvalue weighted by molar-refractivity contribution is 5.96. The molecule has 25 heavy (non-hydrogen) atoms. The minimum atomic E-state index is -0.625. The van der Waals surface area contributed by atoms with E-state index < -0.39 is 5.97 Å². The van der Waals surface area contributed by atoms with Gasteiger partial charge < -0.3 is 19.9 Å². The van der Waals surface area contributed by atoms with Crippen molar-refractivity contribution in [2.75, 3.05) is 24.3 Å². The zero-order chi connectivity index (χ0) is 18.1. The number of aromatic nitrogens is 1. The lowest BCUT2D eigenvalue weighted by atomic mass is 10.0. The van der Waals surface area contributed by atoms with Crippen molar-refractivity contribution in [3.63, 3.8) is 0 Å². The number of esters is 1. The summed E-state index contributed by atoms with van der Waals surface area (Å²) in [7, 11) is 1.26. The van der Waals surface area contributed by atoms with Crippen molar-refractivity contribution in [1.29, 1.82) is 5.26 Å². The summed E-state index contributed by atoms with van der Waals surface area (Å²) in [5.41, 5.74) is 8.84. The van der Waals surface area contributed by atoms with Gasteiger partial charge in [0, 0.05) is 31.0 Å². The highest BCUT2D eigenvalue weighted by Crippen LogP contribution is 2.32. The maximum absolute atomic E-state index is 12.1. The van der Waals surface area contributed by atoms with Crippen LogP contribution in [0.3, 0.4) is 0 Å². The predicted octanol–water partition coefficient (Wildman–Crippen LogP) is 2.02. The number of nitrogen functional groups attached to an aromatic ring is 1. The number of carbonyl (C=O) groups is 2. The Balaban J connectivity index is 2.18. The molecular weight excluding hydrogens is 320 g/mol. The van der Waals surface area contributed by atoms with Gasteiger partial charge in [0.25, 0.3) is 0 Å². The number of fused-ring (bicyclic) bond motifs is 1. The van der Waals surface area contributed by atoms with Gasteiger partial charge in [-0.2, -0.15) is 5.26 Å². The van der Waals surface area contributed by atoms with Crippen LogP contribution in [0.2, 0.25) is 0 Å². The number of methoxy groups -OCH3 is 1. The number of amides is 1. The molecule has 0 saturated heterocycles. The van der Waals surface area contributed by atoms with Crippen molar-refractivity contribution in [3.8, 4) is 11.8 Å². The second-order valence-corrected chi connectivity index (χ2v) is 5.87. The van der Waals surface area contributed by atoms with Crippen molar-refractivity contribution >= 4 is 23.3 Å². The molecule has 128 valence electrons. The van der Waals surface area contributed by atoms with E-state index in [0.29, 0.717) is 12.2 Å². The number of nitriles is 1. The van der Waals surface area contributed by atoms with E-state index in [-0.39, 0.29) is 22.9 Å². The molecule has 0 unspecified atom stereocenters. The standard InChI is InChI=1S/C18H18N4O3/c1-11(23)21-7-3-4-12-5-6-14(8-15(12)21)22-10-13(9-19)16(20)17(22)18(24)25-2/h5-6,8,10H,3-4,7,20H2,1-2H3. The van der Waals surface area contributed by atoms with Crippen molar-refractivity contribution in [2.45, 2.75) is 19.8 Å². The molecule has 2 aromatic rings. The molecule has 1 aliphatic rings.